The van der Waals surface area contributed by atoms with E-state index in [-0.39, 0.29) is 29.0 Å². The number of carbonyl (C=O) groups is 2. The van der Waals surface area contributed by atoms with Crippen LogP contribution in [-0.4, -0.2) is 33.0 Å². The molecule has 26 heavy (non-hydrogen) atoms. The summed E-state index contributed by atoms with van der Waals surface area (Å²) in [5.41, 5.74) is 5.54. The Balaban J connectivity index is 1.74. The predicted octanol–water partition coefficient (Wildman–Crippen LogP) is 2.35. The maximum atomic E-state index is 11.8. The Hall–Kier alpha value is -2.53. The highest BCUT2D eigenvalue weighted by Crippen LogP contribution is 2.37. The minimum absolute atomic E-state index is 0.0714. The molecule has 0 spiro atoms. The summed E-state index contributed by atoms with van der Waals surface area (Å²) in [5, 5.41) is 19.9. The van der Waals surface area contributed by atoms with Crippen LogP contribution < -0.4 is 10.6 Å². The second kappa shape index (κ2) is 7.38. The fourth-order valence-electron chi connectivity index (χ4n) is 2.39. The second-order valence-electron chi connectivity index (χ2n) is 5.72. The first-order chi connectivity index (χ1) is 12.4. The molecule has 1 aliphatic carbocycles. The average Bonchev–Trinajstić information content (AvgIpc) is 3.30. The Bertz CT molecular complexity index is 881. The lowest BCUT2D eigenvalue weighted by molar-refractivity contribution is -0.385. The summed E-state index contributed by atoms with van der Waals surface area (Å²) in [6.45, 7) is 1.50. The average molecular weight is 393 g/mol. The first-order valence-corrected chi connectivity index (χ1v) is 9.50. The number of thioether (sulfide) groups is 1. The first kappa shape index (κ1) is 18.3. The van der Waals surface area contributed by atoms with Crippen LogP contribution in [0.1, 0.15) is 35.7 Å². The van der Waals surface area contributed by atoms with Crippen molar-refractivity contribution in [3.63, 3.8) is 0 Å². The molecule has 0 saturated heterocycles. The van der Waals surface area contributed by atoms with Gasteiger partial charge in [0, 0.05) is 35.9 Å². The maximum Gasteiger partial charge on any atom is 0.274 e. The summed E-state index contributed by atoms with van der Waals surface area (Å²) in [6.07, 6.45) is 1.92. The van der Waals surface area contributed by atoms with Crippen LogP contribution in [0.3, 0.4) is 0 Å². The number of primary amides is 1. The highest BCUT2D eigenvalue weighted by molar-refractivity contribution is 8.00. The predicted molar refractivity (Wildman–Crippen MR) is 97.3 cm³/mol. The van der Waals surface area contributed by atoms with Crippen molar-refractivity contribution in [1.82, 2.24) is 10.2 Å². The highest BCUT2D eigenvalue weighted by atomic mass is 32.2. The lowest BCUT2D eigenvalue weighted by Crippen LogP contribution is -2.30. The van der Waals surface area contributed by atoms with Crippen molar-refractivity contribution >= 4 is 45.7 Å². The summed E-state index contributed by atoms with van der Waals surface area (Å²) in [5.74, 6) is -0.503. The highest BCUT2D eigenvalue weighted by Gasteiger charge is 2.34. The number of hydrogen-bond acceptors (Lipinski definition) is 8. The van der Waals surface area contributed by atoms with E-state index in [0.717, 1.165) is 12.8 Å². The van der Waals surface area contributed by atoms with E-state index in [4.69, 9.17) is 5.73 Å². The molecular formula is C15H15N5O4S2. The van der Waals surface area contributed by atoms with Crippen LogP contribution >= 0.6 is 23.1 Å². The molecule has 0 aliphatic heterocycles. The Labute approximate surface area is 156 Å². The third-order valence-electron chi connectivity index (χ3n) is 3.77. The molecule has 2 amide bonds. The van der Waals surface area contributed by atoms with Crippen LogP contribution in [0.25, 0.3) is 0 Å². The lowest BCUT2D eigenvalue weighted by Gasteiger charge is -2.15. The van der Waals surface area contributed by atoms with E-state index in [1.165, 1.54) is 48.2 Å². The van der Waals surface area contributed by atoms with E-state index < -0.39 is 10.8 Å². The van der Waals surface area contributed by atoms with Gasteiger partial charge in [0.2, 0.25) is 16.9 Å². The number of nitrogens with zero attached hydrogens (tertiary/aromatic N) is 4. The second-order valence-corrected chi connectivity index (χ2v) is 7.90. The van der Waals surface area contributed by atoms with E-state index in [2.05, 4.69) is 10.2 Å². The molecule has 11 heteroatoms. The normalized spacial score (nSPS) is 13.4. The van der Waals surface area contributed by atoms with E-state index in [9.17, 15) is 19.7 Å². The van der Waals surface area contributed by atoms with Crippen molar-refractivity contribution < 1.29 is 14.5 Å². The molecule has 2 aromatic rings. The van der Waals surface area contributed by atoms with Crippen LogP contribution in [0.5, 0.6) is 0 Å². The molecule has 0 radical (unpaired) electrons. The number of rotatable bonds is 7. The number of benzene rings is 1. The van der Waals surface area contributed by atoms with Crippen molar-refractivity contribution in [2.45, 2.75) is 35.9 Å². The Morgan fingerprint density at radius 2 is 2.15 bits per heavy atom. The molecular weight excluding hydrogens is 378 g/mol. The molecule has 1 fully saturated rings. The number of nitro groups is 1. The molecule has 0 atom stereocenters. The minimum atomic E-state index is -0.717. The van der Waals surface area contributed by atoms with Gasteiger partial charge in [-0.3, -0.25) is 24.6 Å². The minimum Gasteiger partial charge on any atom is -0.366 e. The van der Waals surface area contributed by atoms with Crippen LogP contribution in [0.2, 0.25) is 0 Å². The first-order valence-electron chi connectivity index (χ1n) is 7.70. The SMILES string of the molecule is CC(=O)N(c1nnc(SCc2ccc(C(N)=O)cc2[N+](=O)[O-])s1)C1CC1. The van der Waals surface area contributed by atoms with Crippen molar-refractivity contribution in [2.75, 3.05) is 4.90 Å². The summed E-state index contributed by atoms with van der Waals surface area (Å²) >= 11 is 2.57. The van der Waals surface area contributed by atoms with E-state index in [1.807, 2.05) is 0 Å². The summed E-state index contributed by atoms with van der Waals surface area (Å²) < 4.78 is 0.611. The monoisotopic (exact) mass is 393 g/mol. The van der Waals surface area contributed by atoms with Crippen LogP contribution in [0.15, 0.2) is 22.5 Å². The smallest absolute Gasteiger partial charge is 0.274 e. The third kappa shape index (κ3) is 3.99. The topological polar surface area (TPSA) is 132 Å². The number of carbonyl (C=O) groups excluding carboxylic acids is 2. The molecule has 136 valence electrons. The quantitative estimate of drug-likeness (QED) is 0.330. The van der Waals surface area contributed by atoms with Gasteiger partial charge in [0.1, 0.15) is 0 Å². The van der Waals surface area contributed by atoms with E-state index in [1.54, 1.807) is 4.90 Å². The number of aromatic nitrogens is 2. The fraction of sp³-hybridized carbons (Fsp3) is 0.333. The molecule has 3 rings (SSSR count). The Morgan fingerprint density at radius 1 is 1.42 bits per heavy atom. The van der Waals surface area contributed by atoms with Gasteiger partial charge in [-0.25, -0.2) is 0 Å². The largest absolute Gasteiger partial charge is 0.366 e. The van der Waals surface area contributed by atoms with Crippen molar-refractivity contribution in [1.29, 1.82) is 0 Å². The van der Waals surface area contributed by atoms with Crippen LogP contribution in [-0.2, 0) is 10.5 Å². The van der Waals surface area contributed by atoms with Gasteiger partial charge < -0.3 is 5.73 Å². The standard InChI is InChI=1S/C15H15N5O4S2/c1-8(21)19(11-4-5-11)14-17-18-15(26-14)25-7-10-3-2-9(13(16)22)6-12(10)20(23)24/h2-3,6,11H,4-5,7H2,1H3,(H2,16,22). The molecule has 1 heterocycles. The molecule has 1 aliphatic rings. The number of hydrogen-bond donors (Lipinski definition) is 1. The molecule has 0 bridgehead atoms. The number of nitro benzene ring substituents is 1. The van der Waals surface area contributed by atoms with Gasteiger partial charge in [0.15, 0.2) is 4.34 Å². The van der Waals surface area contributed by atoms with Gasteiger partial charge in [-0.05, 0) is 18.9 Å². The molecule has 1 saturated carbocycles. The summed E-state index contributed by atoms with van der Waals surface area (Å²) in [4.78, 5) is 35.3. The number of amides is 2. The molecule has 9 nitrogen and oxygen atoms in total. The van der Waals surface area contributed by atoms with Gasteiger partial charge in [-0.2, -0.15) is 0 Å². The Morgan fingerprint density at radius 3 is 2.73 bits per heavy atom. The fourth-order valence-corrected chi connectivity index (χ4v) is 4.34. The van der Waals surface area contributed by atoms with Gasteiger partial charge in [0.05, 0.1) is 4.92 Å². The molecule has 0 unspecified atom stereocenters. The van der Waals surface area contributed by atoms with Crippen LogP contribution in [0, 0.1) is 10.1 Å². The van der Waals surface area contributed by atoms with Gasteiger partial charge in [-0.1, -0.05) is 29.2 Å². The summed E-state index contributed by atoms with van der Waals surface area (Å²) in [7, 11) is 0. The molecule has 1 aromatic heterocycles. The van der Waals surface area contributed by atoms with Crippen molar-refractivity contribution in [3.05, 3.63) is 39.4 Å². The van der Waals surface area contributed by atoms with Gasteiger partial charge in [0.25, 0.3) is 5.69 Å². The van der Waals surface area contributed by atoms with Gasteiger partial charge in [-0.15, -0.1) is 10.2 Å². The molecule has 2 N–H and O–H groups in total. The maximum absolute atomic E-state index is 11.8. The van der Waals surface area contributed by atoms with Crippen molar-refractivity contribution in [2.24, 2.45) is 5.73 Å². The molecule has 1 aromatic carbocycles. The van der Waals surface area contributed by atoms with E-state index in [0.29, 0.717) is 15.0 Å². The summed E-state index contributed by atoms with van der Waals surface area (Å²) in [6, 6.07) is 4.34. The zero-order valence-corrected chi connectivity index (χ0v) is 15.4. The number of anilines is 1. The number of nitrogens with two attached hydrogens (primary N) is 1. The zero-order chi connectivity index (χ0) is 18.8. The van der Waals surface area contributed by atoms with Crippen LogP contribution in [0.4, 0.5) is 10.8 Å². The zero-order valence-electron chi connectivity index (χ0n) is 13.7. The Kier molecular flexibility index (Phi) is 5.18. The van der Waals surface area contributed by atoms with Gasteiger partial charge >= 0.3 is 0 Å². The van der Waals surface area contributed by atoms with Crippen molar-refractivity contribution in [3.8, 4) is 0 Å². The van der Waals surface area contributed by atoms with E-state index >= 15 is 0 Å². The lowest BCUT2D eigenvalue weighted by atomic mass is 10.1. The third-order valence-corrected chi connectivity index (χ3v) is 5.88.